The van der Waals surface area contributed by atoms with Gasteiger partial charge in [0.15, 0.2) is 0 Å². The second-order valence-corrected chi connectivity index (χ2v) is 5.25. The van der Waals surface area contributed by atoms with Gasteiger partial charge in [-0.3, -0.25) is 4.79 Å². The average Bonchev–Trinajstić information content (AvgIpc) is 2.82. The van der Waals surface area contributed by atoms with Crippen LogP contribution in [0.3, 0.4) is 0 Å². The Morgan fingerprint density at radius 1 is 1.38 bits per heavy atom. The molecular weight excluding hydrogens is 220 g/mol. The van der Waals surface area contributed by atoms with Gasteiger partial charge >= 0.3 is 0 Å². The minimum Gasteiger partial charge on any atom is -0.317 e. The van der Waals surface area contributed by atoms with Gasteiger partial charge in [0.25, 0.3) is 0 Å². The Hall–Kier alpha value is -0.870. The van der Waals surface area contributed by atoms with Gasteiger partial charge in [0.1, 0.15) is 0 Å². The van der Waals surface area contributed by atoms with Crippen LogP contribution in [0.2, 0.25) is 0 Å². The third kappa shape index (κ3) is 2.83. The Morgan fingerprint density at radius 2 is 2.12 bits per heavy atom. The lowest BCUT2D eigenvalue weighted by atomic mass is 9.85. The summed E-state index contributed by atoms with van der Waals surface area (Å²) in [6.45, 7) is 0. The van der Waals surface area contributed by atoms with Crippen LogP contribution in [-0.4, -0.2) is 19.0 Å². The van der Waals surface area contributed by atoms with E-state index in [4.69, 9.17) is 0 Å². The summed E-state index contributed by atoms with van der Waals surface area (Å²) in [6.07, 6.45) is 4.23. The number of hydrogen-bond acceptors (Lipinski definition) is 3. The molecule has 1 aliphatic carbocycles. The lowest BCUT2D eigenvalue weighted by Gasteiger charge is -2.27. The highest BCUT2D eigenvalue weighted by atomic mass is 32.1. The molecule has 3 nitrogen and oxygen atoms in total. The standard InChI is InChI=1S/C12H18N2OS/c1-13-10-6-4-9(5-7-10)12(15)14-11-3-2-8-16-11/h2-3,8-10,13H,4-7H2,1H3,(H,14,15). The van der Waals surface area contributed by atoms with Crippen LogP contribution in [0.25, 0.3) is 0 Å². The highest BCUT2D eigenvalue weighted by Gasteiger charge is 2.25. The zero-order valence-corrected chi connectivity index (χ0v) is 10.3. The lowest BCUT2D eigenvalue weighted by molar-refractivity contribution is -0.120. The quantitative estimate of drug-likeness (QED) is 0.849. The van der Waals surface area contributed by atoms with Crippen LogP contribution in [0.4, 0.5) is 5.00 Å². The summed E-state index contributed by atoms with van der Waals surface area (Å²) in [6, 6.07) is 4.51. The largest absolute Gasteiger partial charge is 0.317 e. The first-order valence-corrected chi connectivity index (χ1v) is 6.69. The van der Waals surface area contributed by atoms with Gasteiger partial charge in [0, 0.05) is 12.0 Å². The molecule has 1 fully saturated rings. The average molecular weight is 238 g/mol. The van der Waals surface area contributed by atoms with Crippen LogP contribution in [0.1, 0.15) is 25.7 Å². The summed E-state index contributed by atoms with van der Waals surface area (Å²) < 4.78 is 0. The molecule has 0 unspecified atom stereocenters. The minimum atomic E-state index is 0.192. The van der Waals surface area contributed by atoms with E-state index in [0.717, 1.165) is 30.7 Å². The van der Waals surface area contributed by atoms with Gasteiger partial charge in [-0.1, -0.05) is 0 Å². The topological polar surface area (TPSA) is 41.1 Å². The van der Waals surface area contributed by atoms with E-state index in [1.165, 1.54) is 0 Å². The van der Waals surface area contributed by atoms with Crippen LogP contribution >= 0.6 is 11.3 Å². The van der Waals surface area contributed by atoms with Gasteiger partial charge < -0.3 is 10.6 Å². The predicted molar refractivity (Wildman–Crippen MR) is 67.8 cm³/mol. The fraction of sp³-hybridized carbons (Fsp3) is 0.583. The molecule has 0 aromatic carbocycles. The molecule has 16 heavy (non-hydrogen) atoms. The van der Waals surface area contributed by atoms with E-state index in [9.17, 15) is 4.79 Å². The SMILES string of the molecule is CNC1CCC(C(=O)Nc2cccs2)CC1. The second-order valence-electron chi connectivity index (χ2n) is 4.30. The maximum Gasteiger partial charge on any atom is 0.228 e. The number of thiophene rings is 1. The Balaban J connectivity index is 1.82. The number of carbonyl (C=O) groups excluding carboxylic acids is 1. The van der Waals surface area contributed by atoms with Crippen molar-refractivity contribution in [3.63, 3.8) is 0 Å². The molecule has 2 rings (SSSR count). The van der Waals surface area contributed by atoms with Crippen molar-refractivity contribution in [2.75, 3.05) is 12.4 Å². The summed E-state index contributed by atoms with van der Waals surface area (Å²) >= 11 is 1.58. The smallest absolute Gasteiger partial charge is 0.228 e. The van der Waals surface area contributed by atoms with Crippen molar-refractivity contribution in [3.8, 4) is 0 Å². The van der Waals surface area contributed by atoms with Crippen molar-refractivity contribution in [2.45, 2.75) is 31.7 Å². The fourth-order valence-corrected chi connectivity index (χ4v) is 2.84. The molecule has 1 amide bonds. The van der Waals surface area contributed by atoms with E-state index < -0.39 is 0 Å². The number of rotatable bonds is 3. The number of amides is 1. The van der Waals surface area contributed by atoms with E-state index in [1.54, 1.807) is 11.3 Å². The highest BCUT2D eigenvalue weighted by molar-refractivity contribution is 7.14. The molecule has 4 heteroatoms. The van der Waals surface area contributed by atoms with Crippen LogP contribution in [0.15, 0.2) is 17.5 Å². The molecule has 0 saturated heterocycles. The van der Waals surface area contributed by atoms with Gasteiger partial charge in [-0.2, -0.15) is 0 Å². The number of carbonyl (C=O) groups is 1. The third-order valence-electron chi connectivity index (χ3n) is 3.27. The van der Waals surface area contributed by atoms with Crippen LogP contribution in [0.5, 0.6) is 0 Å². The first-order chi connectivity index (χ1) is 7.79. The van der Waals surface area contributed by atoms with Crippen LogP contribution < -0.4 is 10.6 Å². The Kier molecular flexibility index (Phi) is 3.96. The molecule has 2 N–H and O–H groups in total. The maximum atomic E-state index is 11.9. The first kappa shape index (κ1) is 11.6. The lowest BCUT2D eigenvalue weighted by Crippen LogP contribution is -2.34. The predicted octanol–water partition coefficient (Wildman–Crippen LogP) is 2.46. The monoisotopic (exact) mass is 238 g/mol. The zero-order valence-electron chi connectivity index (χ0n) is 9.53. The van der Waals surface area contributed by atoms with Crippen molar-refractivity contribution in [1.82, 2.24) is 5.32 Å². The summed E-state index contributed by atoms with van der Waals surface area (Å²) in [7, 11) is 2.00. The van der Waals surface area contributed by atoms with Crippen LogP contribution in [-0.2, 0) is 4.79 Å². The third-order valence-corrected chi connectivity index (χ3v) is 4.06. The van der Waals surface area contributed by atoms with Gasteiger partial charge in [-0.25, -0.2) is 0 Å². The Morgan fingerprint density at radius 3 is 2.69 bits per heavy atom. The molecular formula is C12H18N2OS. The van der Waals surface area contributed by atoms with Gasteiger partial charge in [-0.15, -0.1) is 11.3 Å². The van der Waals surface area contributed by atoms with Crippen molar-refractivity contribution in [1.29, 1.82) is 0 Å². The Labute approximate surface area is 100 Å². The van der Waals surface area contributed by atoms with Gasteiger partial charge in [0.05, 0.1) is 5.00 Å². The fourth-order valence-electron chi connectivity index (χ4n) is 2.22. The van der Waals surface area contributed by atoms with Crippen LogP contribution in [0, 0.1) is 5.92 Å². The van der Waals surface area contributed by atoms with Crippen molar-refractivity contribution in [3.05, 3.63) is 17.5 Å². The summed E-state index contributed by atoms with van der Waals surface area (Å²) in [4.78, 5) is 11.9. The molecule has 0 spiro atoms. The molecule has 1 aromatic rings. The van der Waals surface area contributed by atoms with Crippen molar-refractivity contribution >= 4 is 22.2 Å². The number of anilines is 1. The van der Waals surface area contributed by atoms with E-state index in [1.807, 2.05) is 24.6 Å². The van der Waals surface area contributed by atoms with E-state index in [0.29, 0.717) is 6.04 Å². The molecule has 1 saturated carbocycles. The summed E-state index contributed by atoms with van der Waals surface area (Å²) in [5.41, 5.74) is 0. The molecule has 88 valence electrons. The first-order valence-electron chi connectivity index (χ1n) is 5.81. The number of nitrogens with one attached hydrogen (secondary N) is 2. The molecule has 0 bridgehead atoms. The maximum absolute atomic E-state index is 11.9. The molecule has 0 atom stereocenters. The molecule has 0 aliphatic heterocycles. The van der Waals surface area contributed by atoms with E-state index in [2.05, 4.69) is 10.6 Å². The minimum absolute atomic E-state index is 0.192. The normalized spacial score (nSPS) is 25.3. The highest BCUT2D eigenvalue weighted by Crippen LogP contribution is 2.26. The van der Waals surface area contributed by atoms with Crippen molar-refractivity contribution < 1.29 is 4.79 Å². The number of hydrogen-bond donors (Lipinski definition) is 2. The molecule has 0 radical (unpaired) electrons. The molecule has 1 aromatic heterocycles. The van der Waals surface area contributed by atoms with E-state index >= 15 is 0 Å². The van der Waals surface area contributed by atoms with Gasteiger partial charge in [-0.05, 0) is 50.2 Å². The second kappa shape index (κ2) is 5.46. The summed E-state index contributed by atoms with van der Waals surface area (Å²) in [5.74, 6) is 0.392. The Bertz CT molecular complexity index is 329. The summed E-state index contributed by atoms with van der Waals surface area (Å²) in [5, 5.41) is 9.20. The molecule has 1 heterocycles. The van der Waals surface area contributed by atoms with E-state index in [-0.39, 0.29) is 11.8 Å². The zero-order chi connectivity index (χ0) is 11.4. The van der Waals surface area contributed by atoms with Crippen molar-refractivity contribution in [2.24, 2.45) is 5.92 Å². The molecule has 1 aliphatic rings. The van der Waals surface area contributed by atoms with Gasteiger partial charge in [0.2, 0.25) is 5.91 Å².